The van der Waals surface area contributed by atoms with E-state index in [-0.39, 0.29) is 11.4 Å². The van der Waals surface area contributed by atoms with Crippen LogP contribution in [0.5, 0.6) is 11.5 Å². The zero-order valence-corrected chi connectivity index (χ0v) is 16.8. The number of aryl methyl sites for hydroxylation is 1. The van der Waals surface area contributed by atoms with Crippen LogP contribution < -0.4 is 14.8 Å². The lowest BCUT2D eigenvalue weighted by Gasteiger charge is -2.20. The summed E-state index contributed by atoms with van der Waals surface area (Å²) in [4.78, 5) is 12.5. The largest absolute Gasteiger partial charge is 0.497 e. The normalized spacial score (nSPS) is 13.7. The van der Waals surface area contributed by atoms with Gasteiger partial charge in [0.25, 0.3) is 0 Å². The van der Waals surface area contributed by atoms with E-state index in [1.807, 2.05) is 0 Å². The van der Waals surface area contributed by atoms with Gasteiger partial charge in [0.2, 0.25) is 5.91 Å². The van der Waals surface area contributed by atoms with Crippen molar-refractivity contribution in [1.29, 1.82) is 0 Å². The number of carbonyl (C=O) groups excluding carboxylic acids is 1. The smallest absolute Gasteiger partial charge is 0.238 e. The molecule has 1 amide bonds. The zero-order chi connectivity index (χ0) is 20.2. The molecule has 27 heavy (non-hydrogen) atoms. The predicted molar refractivity (Wildman–Crippen MR) is 99.4 cm³/mol. The molecule has 1 aromatic carbocycles. The molecule has 0 fully saturated rings. The molecule has 2 aromatic rings. The first-order chi connectivity index (χ1) is 12.7. The van der Waals surface area contributed by atoms with E-state index in [2.05, 4.69) is 10.5 Å². The molecule has 8 nitrogen and oxygen atoms in total. The van der Waals surface area contributed by atoms with Crippen LogP contribution in [0.1, 0.15) is 36.9 Å². The summed E-state index contributed by atoms with van der Waals surface area (Å²) in [7, 11) is -0.689. The third kappa shape index (κ3) is 5.00. The SMILES string of the molecule is COc1ccc(OC)c([C@H](C)NC(=O)[C@@H](C)S(=O)(=O)Cc2cc(C)on2)c1. The monoisotopic (exact) mass is 396 g/mol. The number of sulfone groups is 1. The van der Waals surface area contributed by atoms with E-state index in [1.54, 1.807) is 32.0 Å². The fourth-order valence-corrected chi connectivity index (χ4v) is 3.76. The maximum Gasteiger partial charge on any atom is 0.238 e. The molecule has 0 aliphatic rings. The summed E-state index contributed by atoms with van der Waals surface area (Å²) < 4.78 is 40.4. The van der Waals surface area contributed by atoms with Gasteiger partial charge in [-0.05, 0) is 39.0 Å². The highest BCUT2D eigenvalue weighted by Crippen LogP contribution is 2.29. The van der Waals surface area contributed by atoms with Crippen LogP contribution in [0.25, 0.3) is 0 Å². The van der Waals surface area contributed by atoms with Crippen molar-refractivity contribution in [3.63, 3.8) is 0 Å². The fourth-order valence-electron chi connectivity index (χ4n) is 2.57. The molecule has 1 heterocycles. The van der Waals surface area contributed by atoms with Crippen molar-refractivity contribution in [2.75, 3.05) is 14.2 Å². The van der Waals surface area contributed by atoms with Crippen LogP contribution >= 0.6 is 0 Å². The van der Waals surface area contributed by atoms with Gasteiger partial charge in [-0.1, -0.05) is 5.16 Å². The Bertz CT molecular complexity index is 906. The fraction of sp³-hybridized carbons (Fsp3) is 0.444. The summed E-state index contributed by atoms with van der Waals surface area (Å²) in [5, 5.41) is 5.16. The first kappa shape index (κ1) is 20.8. The second-order valence-electron chi connectivity index (χ2n) is 6.22. The third-order valence-corrected chi connectivity index (χ3v) is 6.19. The Kier molecular flexibility index (Phi) is 6.48. The molecular formula is C18H24N2O6S. The highest BCUT2D eigenvalue weighted by molar-refractivity contribution is 7.92. The van der Waals surface area contributed by atoms with Crippen molar-refractivity contribution < 1.29 is 27.2 Å². The van der Waals surface area contributed by atoms with Crippen molar-refractivity contribution in [2.45, 2.75) is 37.8 Å². The van der Waals surface area contributed by atoms with Crippen molar-refractivity contribution >= 4 is 15.7 Å². The van der Waals surface area contributed by atoms with Gasteiger partial charge in [-0.25, -0.2) is 8.42 Å². The molecule has 0 aliphatic heterocycles. The standard InChI is InChI=1S/C18H24N2O6S/c1-11-8-14(20-26-11)10-27(22,23)13(3)18(21)19-12(2)16-9-15(24-4)6-7-17(16)25-5/h6-9,12-13H,10H2,1-5H3,(H,19,21)/t12-,13+/m0/s1. The summed E-state index contributed by atoms with van der Waals surface area (Å²) in [5.41, 5.74) is 0.955. The van der Waals surface area contributed by atoms with E-state index < -0.39 is 27.0 Å². The molecule has 0 bridgehead atoms. The molecule has 2 atom stereocenters. The molecule has 1 aromatic heterocycles. The molecule has 0 spiro atoms. The van der Waals surface area contributed by atoms with Gasteiger partial charge in [0.1, 0.15) is 22.5 Å². The molecule has 9 heteroatoms. The Morgan fingerprint density at radius 2 is 1.93 bits per heavy atom. The number of benzene rings is 1. The predicted octanol–water partition coefficient (Wildman–Crippen LogP) is 2.18. The van der Waals surface area contributed by atoms with Gasteiger partial charge >= 0.3 is 0 Å². The Balaban J connectivity index is 2.13. The molecule has 1 N–H and O–H groups in total. The van der Waals surface area contributed by atoms with Crippen LogP contribution in [0.3, 0.4) is 0 Å². The average Bonchev–Trinajstić information content (AvgIpc) is 3.04. The second kappa shape index (κ2) is 8.43. The molecule has 0 radical (unpaired) electrons. The number of amides is 1. The number of hydrogen-bond acceptors (Lipinski definition) is 7. The van der Waals surface area contributed by atoms with Gasteiger partial charge in [-0.15, -0.1) is 0 Å². The highest BCUT2D eigenvalue weighted by Gasteiger charge is 2.30. The summed E-state index contributed by atoms with van der Waals surface area (Å²) in [6.45, 7) is 4.77. The van der Waals surface area contributed by atoms with Crippen LogP contribution in [0.15, 0.2) is 28.8 Å². The second-order valence-corrected chi connectivity index (χ2v) is 8.54. The van der Waals surface area contributed by atoms with Gasteiger partial charge in [0.05, 0.1) is 31.7 Å². The van der Waals surface area contributed by atoms with Crippen LogP contribution in [0, 0.1) is 6.92 Å². The molecule has 0 saturated carbocycles. The molecule has 148 valence electrons. The number of nitrogens with one attached hydrogen (secondary N) is 1. The molecule has 0 aliphatic carbocycles. The highest BCUT2D eigenvalue weighted by atomic mass is 32.2. The van der Waals surface area contributed by atoms with Crippen molar-refractivity contribution in [2.24, 2.45) is 0 Å². The number of methoxy groups -OCH3 is 2. The van der Waals surface area contributed by atoms with Gasteiger partial charge in [0, 0.05) is 11.6 Å². The minimum Gasteiger partial charge on any atom is -0.497 e. The first-order valence-corrected chi connectivity index (χ1v) is 10.1. The molecular weight excluding hydrogens is 372 g/mol. The average molecular weight is 396 g/mol. The lowest BCUT2D eigenvalue weighted by Crippen LogP contribution is -2.39. The number of ether oxygens (including phenoxy) is 2. The Hall–Kier alpha value is -2.55. The lowest BCUT2D eigenvalue weighted by molar-refractivity contribution is -0.121. The minimum absolute atomic E-state index is 0.273. The maximum absolute atomic E-state index is 12.5. The minimum atomic E-state index is -3.75. The summed E-state index contributed by atoms with van der Waals surface area (Å²) in [5.74, 6) is 0.713. The summed E-state index contributed by atoms with van der Waals surface area (Å²) >= 11 is 0. The number of rotatable bonds is 8. The summed E-state index contributed by atoms with van der Waals surface area (Å²) in [6.07, 6.45) is 0. The van der Waals surface area contributed by atoms with E-state index >= 15 is 0 Å². The Morgan fingerprint density at radius 3 is 2.48 bits per heavy atom. The summed E-state index contributed by atoms with van der Waals surface area (Å²) in [6, 6.07) is 6.26. The number of carbonyl (C=O) groups is 1. The maximum atomic E-state index is 12.5. The number of nitrogens with zero attached hydrogens (tertiary/aromatic N) is 1. The van der Waals surface area contributed by atoms with Gasteiger partial charge < -0.3 is 19.3 Å². The topological polar surface area (TPSA) is 108 Å². The van der Waals surface area contributed by atoms with Gasteiger partial charge in [-0.3, -0.25) is 4.79 Å². The van der Waals surface area contributed by atoms with Crippen molar-refractivity contribution in [3.8, 4) is 11.5 Å². The quantitative estimate of drug-likeness (QED) is 0.728. The van der Waals surface area contributed by atoms with Crippen LogP contribution in [0.4, 0.5) is 0 Å². The number of hydrogen-bond donors (Lipinski definition) is 1. The van der Waals surface area contributed by atoms with Gasteiger partial charge in [0.15, 0.2) is 9.84 Å². The molecule has 0 saturated heterocycles. The van der Waals surface area contributed by atoms with Crippen LogP contribution in [0.2, 0.25) is 0 Å². The zero-order valence-electron chi connectivity index (χ0n) is 16.0. The number of aromatic nitrogens is 1. The first-order valence-electron chi connectivity index (χ1n) is 8.34. The molecule has 2 rings (SSSR count). The Labute approximate surface area is 158 Å². The molecule has 0 unspecified atom stereocenters. The van der Waals surface area contributed by atoms with E-state index in [1.165, 1.54) is 27.2 Å². The van der Waals surface area contributed by atoms with Gasteiger partial charge in [-0.2, -0.15) is 0 Å². The third-order valence-electron chi connectivity index (χ3n) is 4.20. The van der Waals surface area contributed by atoms with Crippen molar-refractivity contribution in [3.05, 3.63) is 41.3 Å². The van der Waals surface area contributed by atoms with Crippen LogP contribution in [-0.4, -0.2) is 39.0 Å². The van der Waals surface area contributed by atoms with E-state index in [0.717, 1.165) is 0 Å². The van der Waals surface area contributed by atoms with E-state index in [0.29, 0.717) is 22.8 Å². The van der Waals surface area contributed by atoms with E-state index in [4.69, 9.17) is 14.0 Å². The lowest BCUT2D eigenvalue weighted by atomic mass is 10.1. The van der Waals surface area contributed by atoms with Crippen molar-refractivity contribution in [1.82, 2.24) is 10.5 Å². The van der Waals surface area contributed by atoms with Crippen LogP contribution in [-0.2, 0) is 20.4 Å². The van der Waals surface area contributed by atoms with E-state index in [9.17, 15) is 13.2 Å². The Morgan fingerprint density at radius 1 is 1.22 bits per heavy atom.